The molecule has 1 aliphatic heterocycles. The number of fused-ring (bicyclic) bond motifs is 5. The van der Waals surface area contributed by atoms with E-state index in [0.29, 0.717) is 29.1 Å². The topological polar surface area (TPSA) is 89.2 Å². The highest BCUT2D eigenvalue weighted by molar-refractivity contribution is 5.80. The fourth-order valence-corrected chi connectivity index (χ4v) is 8.59. The minimum absolute atomic E-state index is 0.0157. The van der Waals surface area contributed by atoms with Crippen molar-refractivity contribution in [1.82, 2.24) is 10.7 Å². The summed E-state index contributed by atoms with van der Waals surface area (Å²) in [5.74, 6) is 2.94. The average molecular weight is 431 g/mol. The molecule has 4 fully saturated rings. The summed E-state index contributed by atoms with van der Waals surface area (Å²) in [5, 5.41) is 30.1. The summed E-state index contributed by atoms with van der Waals surface area (Å²) in [6.45, 7) is 6.67. The van der Waals surface area contributed by atoms with Gasteiger partial charge < -0.3 is 15.5 Å². The predicted octanol–water partition coefficient (Wildman–Crippen LogP) is 3.44. The molecular weight excluding hydrogens is 388 g/mol. The Balaban J connectivity index is 1.28. The molecule has 0 spiro atoms. The largest absolute Gasteiger partial charge is 0.393 e. The van der Waals surface area contributed by atoms with E-state index in [1.165, 1.54) is 12.8 Å². The lowest BCUT2D eigenvalue weighted by atomic mass is 9.43. The molecule has 6 nitrogen and oxygen atoms in total. The van der Waals surface area contributed by atoms with Crippen molar-refractivity contribution in [1.29, 1.82) is 0 Å². The van der Waals surface area contributed by atoms with Crippen LogP contribution in [0.15, 0.2) is 10.1 Å². The molecule has 1 heterocycles. The molecule has 0 aromatic carbocycles. The third-order valence-electron chi connectivity index (χ3n) is 10.6. The summed E-state index contributed by atoms with van der Waals surface area (Å²) in [7, 11) is 0. The van der Waals surface area contributed by atoms with Gasteiger partial charge in [0.25, 0.3) is 0 Å². The molecule has 5 rings (SSSR count). The Kier molecular flexibility index (Phi) is 5.61. The van der Waals surface area contributed by atoms with Crippen LogP contribution in [0.2, 0.25) is 0 Å². The molecule has 3 unspecified atom stereocenters. The first-order chi connectivity index (χ1) is 14.9. The summed E-state index contributed by atoms with van der Waals surface area (Å²) < 4.78 is 0. The Morgan fingerprint density at radius 3 is 2.81 bits per heavy atom. The van der Waals surface area contributed by atoms with Crippen LogP contribution in [0.25, 0.3) is 0 Å². The quantitative estimate of drug-likeness (QED) is 0.408. The van der Waals surface area contributed by atoms with Gasteiger partial charge in [0.2, 0.25) is 5.96 Å². The highest BCUT2D eigenvalue weighted by Crippen LogP contribution is 2.69. The molecule has 31 heavy (non-hydrogen) atoms. The summed E-state index contributed by atoms with van der Waals surface area (Å²) >= 11 is 0. The number of nitrogens with one attached hydrogen (secondary N) is 2. The van der Waals surface area contributed by atoms with Crippen molar-refractivity contribution < 1.29 is 10.2 Å². The van der Waals surface area contributed by atoms with Crippen molar-refractivity contribution in [3.05, 3.63) is 0 Å². The molecule has 0 amide bonds. The maximum atomic E-state index is 12.2. The van der Waals surface area contributed by atoms with Gasteiger partial charge in [0.05, 0.1) is 11.7 Å². The third kappa shape index (κ3) is 3.43. The number of nitrogens with zero attached hydrogens (tertiary/aromatic N) is 2. The van der Waals surface area contributed by atoms with E-state index in [4.69, 9.17) is 0 Å². The normalized spacial score (nSPS) is 49.5. The van der Waals surface area contributed by atoms with E-state index in [9.17, 15) is 10.2 Å². The fourth-order valence-electron chi connectivity index (χ4n) is 8.59. The molecule has 8 atom stereocenters. The first-order valence-electron chi connectivity index (χ1n) is 12.8. The second-order valence-electron chi connectivity index (χ2n) is 11.7. The van der Waals surface area contributed by atoms with Gasteiger partial charge in [0, 0.05) is 19.3 Å². The molecule has 0 aromatic heterocycles. The SMILES string of the molecule is C[C@]12CCC(O)CC1CC[C@@H]1[C@H]2CC[C@]2(C)C(C/C=N\NC3=NCCCN3)CC[C@@]12O. The number of aliphatic hydroxyl groups is 2. The summed E-state index contributed by atoms with van der Waals surface area (Å²) in [4.78, 5) is 4.40. The van der Waals surface area contributed by atoms with Crippen LogP contribution in [0.4, 0.5) is 0 Å². The molecule has 4 N–H and O–H groups in total. The smallest absolute Gasteiger partial charge is 0.212 e. The van der Waals surface area contributed by atoms with Gasteiger partial charge in [-0.2, -0.15) is 5.10 Å². The third-order valence-corrected chi connectivity index (χ3v) is 10.6. The van der Waals surface area contributed by atoms with Crippen molar-refractivity contribution in [2.45, 2.75) is 96.2 Å². The van der Waals surface area contributed by atoms with Crippen LogP contribution in [0, 0.1) is 34.5 Å². The molecule has 6 heteroatoms. The summed E-state index contributed by atoms with van der Waals surface area (Å²) in [6.07, 6.45) is 13.7. The molecular formula is C25H42N4O2. The van der Waals surface area contributed by atoms with Crippen LogP contribution >= 0.6 is 0 Å². The second-order valence-corrected chi connectivity index (χ2v) is 11.7. The number of hydrogen-bond donors (Lipinski definition) is 4. The highest BCUT2D eigenvalue weighted by atomic mass is 16.3. The lowest BCUT2D eigenvalue weighted by molar-refractivity contribution is -0.209. The molecule has 4 saturated carbocycles. The number of aliphatic imine (C=N–C) groups is 1. The lowest BCUT2D eigenvalue weighted by Gasteiger charge is -2.63. The first kappa shape index (κ1) is 21.7. The van der Waals surface area contributed by atoms with E-state index >= 15 is 0 Å². The summed E-state index contributed by atoms with van der Waals surface area (Å²) in [6, 6.07) is 0. The molecule has 0 bridgehead atoms. The van der Waals surface area contributed by atoms with Crippen LogP contribution in [-0.2, 0) is 0 Å². The van der Waals surface area contributed by atoms with Gasteiger partial charge in [-0.1, -0.05) is 13.8 Å². The first-order valence-corrected chi connectivity index (χ1v) is 12.8. The van der Waals surface area contributed by atoms with E-state index in [0.717, 1.165) is 76.8 Å². The number of hydrogen-bond acceptors (Lipinski definition) is 6. The van der Waals surface area contributed by atoms with E-state index in [1.54, 1.807) is 0 Å². The van der Waals surface area contributed by atoms with Gasteiger partial charge in [-0.25, -0.2) is 5.43 Å². The van der Waals surface area contributed by atoms with Crippen LogP contribution in [0.5, 0.6) is 0 Å². The maximum Gasteiger partial charge on any atom is 0.212 e. The molecule has 0 aromatic rings. The van der Waals surface area contributed by atoms with Gasteiger partial charge in [0.15, 0.2) is 0 Å². The standard InChI is InChI=1S/C25H42N4O2/c1-23-10-7-19(30)16-18(23)4-5-21-20(23)8-11-24(2)17(6-12-25(21,24)31)9-15-28-29-22-26-13-3-14-27-22/h15,17-21,30-31H,3-14,16H2,1-2H3,(H2,26,27,29)/b28-15-/t17?,18?,19?,20-,21-,23+,24-,25-/m1/s1. The van der Waals surface area contributed by atoms with Crippen LogP contribution < -0.4 is 10.7 Å². The Bertz CT molecular complexity index is 741. The van der Waals surface area contributed by atoms with E-state index in [-0.39, 0.29) is 11.5 Å². The van der Waals surface area contributed by atoms with Gasteiger partial charge in [-0.3, -0.25) is 4.99 Å². The Labute approximate surface area is 187 Å². The average Bonchev–Trinajstić information content (AvgIpc) is 3.03. The monoisotopic (exact) mass is 430 g/mol. The van der Waals surface area contributed by atoms with Crippen molar-refractivity contribution in [2.75, 3.05) is 13.1 Å². The van der Waals surface area contributed by atoms with E-state index < -0.39 is 5.60 Å². The molecule has 0 radical (unpaired) electrons. The number of aliphatic hydroxyl groups excluding tert-OH is 1. The Morgan fingerprint density at radius 2 is 2.00 bits per heavy atom. The Morgan fingerprint density at radius 1 is 1.13 bits per heavy atom. The second kappa shape index (κ2) is 8.02. The van der Waals surface area contributed by atoms with Crippen molar-refractivity contribution in [3.8, 4) is 0 Å². The zero-order valence-electron chi connectivity index (χ0n) is 19.4. The van der Waals surface area contributed by atoms with Crippen molar-refractivity contribution in [3.63, 3.8) is 0 Å². The molecule has 0 saturated heterocycles. The van der Waals surface area contributed by atoms with Crippen LogP contribution in [0.1, 0.15) is 84.5 Å². The van der Waals surface area contributed by atoms with Crippen LogP contribution in [0.3, 0.4) is 0 Å². The minimum Gasteiger partial charge on any atom is -0.393 e. The zero-order valence-corrected chi connectivity index (χ0v) is 19.4. The minimum atomic E-state index is -0.541. The van der Waals surface area contributed by atoms with E-state index in [1.807, 2.05) is 6.21 Å². The van der Waals surface area contributed by atoms with Crippen molar-refractivity contribution in [2.24, 2.45) is 44.6 Å². The highest BCUT2D eigenvalue weighted by Gasteiger charge is 2.66. The van der Waals surface area contributed by atoms with Crippen LogP contribution in [-0.4, -0.2) is 47.2 Å². The zero-order chi connectivity index (χ0) is 21.7. The summed E-state index contributed by atoms with van der Waals surface area (Å²) in [5.41, 5.74) is 2.80. The van der Waals surface area contributed by atoms with Gasteiger partial charge in [-0.15, -0.1) is 0 Å². The maximum absolute atomic E-state index is 12.2. The molecule has 4 aliphatic carbocycles. The van der Waals surface area contributed by atoms with E-state index in [2.05, 4.69) is 34.7 Å². The van der Waals surface area contributed by atoms with Gasteiger partial charge in [-0.05, 0) is 105 Å². The predicted molar refractivity (Wildman–Crippen MR) is 124 cm³/mol. The lowest BCUT2D eigenvalue weighted by Crippen LogP contribution is -2.62. The number of guanidine groups is 1. The van der Waals surface area contributed by atoms with Crippen molar-refractivity contribution >= 4 is 12.2 Å². The molecule has 5 aliphatic rings. The van der Waals surface area contributed by atoms with Gasteiger partial charge >= 0.3 is 0 Å². The number of rotatable bonds is 3. The van der Waals surface area contributed by atoms with Gasteiger partial charge in [0.1, 0.15) is 0 Å². The number of hydrazone groups is 1. The molecule has 174 valence electrons. The Hall–Kier alpha value is -1.14. The fraction of sp³-hybridized carbons (Fsp3) is 0.920.